The highest BCUT2D eigenvalue weighted by Crippen LogP contribution is 2.25. The predicted octanol–water partition coefficient (Wildman–Crippen LogP) is 6.19. The van der Waals surface area contributed by atoms with Crippen LogP contribution in [-0.2, 0) is 17.9 Å². The molecule has 1 aliphatic heterocycles. The Hall–Kier alpha value is -3.02. The third-order valence-electron chi connectivity index (χ3n) is 6.02. The zero-order chi connectivity index (χ0) is 23.3. The highest BCUT2D eigenvalue weighted by molar-refractivity contribution is 5.75. The van der Waals surface area contributed by atoms with Crippen LogP contribution in [0.3, 0.4) is 0 Å². The molecule has 2 heterocycles. The van der Waals surface area contributed by atoms with Crippen LogP contribution in [-0.4, -0.2) is 38.7 Å². The summed E-state index contributed by atoms with van der Waals surface area (Å²) in [6.07, 6.45) is 4.97. The second-order valence-electron chi connectivity index (χ2n) is 9.74. The molecule has 1 amide bonds. The summed E-state index contributed by atoms with van der Waals surface area (Å²) in [6, 6.07) is 18.3. The number of ether oxygens (including phenoxy) is 2. The number of aryl methyl sites for hydroxylation is 1. The molecular weight excluding hydrogens is 414 g/mol. The van der Waals surface area contributed by atoms with E-state index in [-0.39, 0.29) is 12.1 Å². The van der Waals surface area contributed by atoms with Gasteiger partial charge in [-0.3, -0.25) is 0 Å². The number of hydrogen-bond acceptors (Lipinski definition) is 4. The van der Waals surface area contributed by atoms with E-state index in [0.717, 1.165) is 67.8 Å². The number of likely N-dealkylation sites (tertiary alicyclic amines) is 1. The lowest BCUT2D eigenvalue weighted by molar-refractivity contribution is 0.00852. The Morgan fingerprint density at radius 2 is 1.82 bits per heavy atom. The standard InChI is InChI=1S/C27H35N3O3/c1-27(2,3)33-26(31)29-18-10-9-12-21(29)13-11-19-30-24-17-8-7-16-23(24)28-25(30)20-32-22-14-5-4-6-15-22/h4-8,14-17,21H,9-13,18-20H2,1-3H3. The van der Waals surface area contributed by atoms with Crippen molar-refractivity contribution in [3.8, 4) is 5.75 Å². The first kappa shape index (κ1) is 23.1. The molecule has 0 bridgehead atoms. The SMILES string of the molecule is CC(C)(C)OC(=O)N1CCCCC1CCCn1c(COc2ccccc2)nc2ccccc21. The maximum Gasteiger partial charge on any atom is 0.410 e. The molecule has 1 unspecified atom stereocenters. The first-order valence-corrected chi connectivity index (χ1v) is 12.0. The molecule has 1 atom stereocenters. The number of fused-ring (bicyclic) bond motifs is 1. The Labute approximate surface area is 196 Å². The van der Waals surface area contributed by atoms with Gasteiger partial charge >= 0.3 is 6.09 Å². The Kier molecular flexibility index (Phi) is 7.21. The van der Waals surface area contributed by atoms with Gasteiger partial charge in [-0.2, -0.15) is 0 Å². The smallest absolute Gasteiger partial charge is 0.410 e. The highest BCUT2D eigenvalue weighted by Gasteiger charge is 2.30. The topological polar surface area (TPSA) is 56.6 Å². The monoisotopic (exact) mass is 449 g/mol. The minimum absolute atomic E-state index is 0.183. The summed E-state index contributed by atoms with van der Waals surface area (Å²) >= 11 is 0. The van der Waals surface area contributed by atoms with E-state index in [4.69, 9.17) is 14.5 Å². The summed E-state index contributed by atoms with van der Waals surface area (Å²) in [5.74, 6) is 1.76. The van der Waals surface area contributed by atoms with Crippen LogP contribution in [0.2, 0.25) is 0 Å². The molecule has 1 fully saturated rings. The summed E-state index contributed by atoms with van der Waals surface area (Å²) in [4.78, 5) is 19.5. The molecule has 176 valence electrons. The van der Waals surface area contributed by atoms with E-state index < -0.39 is 5.60 Å². The van der Waals surface area contributed by atoms with E-state index in [0.29, 0.717) is 6.61 Å². The molecule has 1 saturated heterocycles. The molecule has 6 heteroatoms. The van der Waals surface area contributed by atoms with Crippen molar-refractivity contribution in [1.29, 1.82) is 0 Å². The summed E-state index contributed by atoms with van der Waals surface area (Å²) in [5, 5.41) is 0. The highest BCUT2D eigenvalue weighted by atomic mass is 16.6. The molecule has 2 aromatic carbocycles. The van der Waals surface area contributed by atoms with Gasteiger partial charge in [0.2, 0.25) is 0 Å². The van der Waals surface area contributed by atoms with Crippen molar-refractivity contribution in [3.05, 3.63) is 60.4 Å². The Morgan fingerprint density at radius 3 is 2.61 bits per heavy atom. The van der Waals surface area contributed by atoms with Crippen LogP contribution < -0.4 is 4.74 Å². The fourth-order valence-corrected chi connectivity index (χ4v) is 4.50. The normalized spacial score (nSPS) is 16.7. The first-order valence-electron chi connectivity index (χ1n) is 12.0. The lowest BCUT2D eigenvalue weighted by Crippen LogP contribution is -2.46. The van der Waals surface area contributed by atoms with Gasteiger partial charge in [-0.1, -0.05) is 30.3 Å². The van der Waals surface area contributed by atoms with Crippen molar-refractivity contribution < 1.29 is 14.3 Å². The Bertz CT molecular complexity index is 1060. The summed E-state index contributed by atoms with van der Waals surface area (Å²) < 4.78 is 13.9. The summed E-state index contributed by atoms with van der Waals surface area (Å²) in [7, 11) is 0. The number of carbonyl (C=O) groups is 1. The lowest BCUT2D eigenvalue weighted by Gasteiger charge is -2.37. The maximum atomic E-state index is 12.7. The molecule has 1 aliphatic rings. The van der Waals surface area contributed by atoms with Crippen LogP contribution in [0, 0.1) is 0 Å². The van der Waals surface area contributed by atoms with Crippen LogP contribution in [0.25, 0.3) is 11.0 Å². The maximum absolute atomic E-state index is 12.7. The van der Waals surface area contributed by atoms with Gasteiger partial charge in [0.15, 0.2) is 0 Å². The number of carbonyl (C=O) groups excluding carboxylic acids is 1. The largest absolute Gasteiger partial charge is 0.486 e. The number of amides is 1. The van der Waals surface area contributed by atoms with Crippen LogP contribution in [0.5, 0.6) is 5.75 Å². The average molecular weight is 450 g/mol. The third-order valence-corrected chi connectivity index (χ3v) is 6.02. The van der Waals surface area contributed by atoms with E-state index in [1.807, 2.05) is 74.2 Å². The van der Waals surface area contributed by atoms with E-state index in [9.17, 15) is 4.79 Å². The van der Waals surface area contributed by atoms with Crippen LogP contribution in [0.15, 0.2) is 54.6 Å². The van der Waals surface area contributed by atoms with Gasteiger partial charge in [0.1, 0.15) is 23.8 Å². The minimum atomic E-state index is -0.470. The Morgan fingerprint density at radius 1 is 1.06 bits per heavy atom. The average Bonchev–Trinajstić information content (AvgIpc) is 3.15. The van der Waals surface area contributed by atoms with Gasteiger partial charge in [0.25, 0.3) is 0 Å². The van der Waals surface area contributed by atoms with E-state index in [1.165, 1.54) is 0 Å². The van der Waals surface area contributed by atoms with Crippen molar-refractivity contribution in [2.24, 2.45) is 0 Å². The number of para-hydroxylation sites is 3. The minimum Gasteiger partial charge on any atom is -0.486 e. The predicted molar refractivity (Wildman–Crippen MR) is 130 cm³/mol. The first-order chi connectivity index (χ1) is 15.9. The number of rotatable bonds is 7. The van der Waals surface area contributed by atoms with E-state index in [2.05, 4.69) is 10.6 Å². The molecule has 3 aromatic rings. The van der Waals surface area contributed by atoms with Crippen LogP contribution in [0.1, 0.15) is 58.7 Å². The molecule has 0 N–H and O–H groups in total. The van der Waals surface area contributed by atoms with Gasteiger partial charge in [0, 0.05) is 19.1 Å². The third kappa shape index (κ3) is 6.06. The number of hydrogen-bond donors (Lipinski definition) is 0. The van der Waals surface area contributed by atoms with Crippen molar-refractivity contribution in [2.75, 3.05) is 6.54 Å². The molecule has 0 aliphatic carbocycles. The second-order valence-corrected chi connectivity index (χ2v) is 9.74. The fourth-order valence-electron chi connectivity index (χ4n) is 4.50. The van der Waals surface area contributed by atoms with Crippen molar-refractivity contribution >= 4 is 17.1 Å². The lowest BCUT2D eigenvalue weighted by atomic mass is 9.98. The van der Waals surface area contributed by atoms with Gasteiger partial charge < -0.3 is 18.9 Å². The van der Waals surface area contributed by atoms with Gasteiger partial charge in [-0.25, -0.2) is 9.78 Å². The second kappa shape index (κ2) is 10.3. The molecule has 6 nitrogen and oxygen atoms in total. The molecule has 0 radical (unpaired) electrons. The molecule has 1 aromatic heterocycles. The van der Waals surface area contributed by atoms with Crippen molar-refractivity contribution in [3.63, 3.8) is 0 Å². The molecule has 0 spiro atoms. The number of piperidine rings is 1. The summed E-state index contributed by atoms with van der Waals surface area (Å²) in [6.45, 7) is 7.82. The number of imidazole rings is 1. The van der Waals surface area contributed by atoms with Gasteiger partial charge in [-0.15, -0.1) is 0 Å². The molecular formula is C27H35N3O3. The molecule has 0 saturated carbocycles. The van der Waals surface area contributed by atoms with Crippen LogP contribution >= 0.6 is 0 Å². The van der Waals surface area contributed by atoms with Crippen molar-refractivity contribution in [1.82, 2.24) is 14.5 Å². The van der Waals surface area contributed by atoms with Gasteiger partial charge in [0.05, 0.1) is 11.0 Å². The van der Waals surface area contributed by atoms with Gasteiger partial charge in [-0.05, 0) is 77.1 Å². The zero-order valence-corrected chi connectivity index (χ0v) is 20.0. The molecule has 4 rings (SSSR count). The molecule has 33 heavy (non-hydrogen) atoms. The quantitative estimate of drug-likeness (QED) is 0.432. The summed E-state index contributed by atoms with van der Waals surface area (Å²) in [5.41, 5.74) is 1.64. The number of aromatic nitrogens is 2. The van der Waals surface area contributed by atoms with E-state index in [1.54, 1.807) is 0 Å². The fraction of sp³-hybridized carbons (Fsp3) is 0.481. The Balaban J connectivity index is 1.43. The van der Waals surface area contributed by atoms with Crippen LogP contribution in [0.4, 0.5) is 4.79 Å². The number of nitrogens with zero attached hydrogens (tertiary/aromatic N) is 3. The van der Waals surface area contributed by atoms with Crippen molar-refractivity contribution in [2.45, 2.75) is 77.7 Å². The van der Waals surface area contributed by atoms with E-state index >= 15 is 0 Å². The number of benzene rings is 2. The zero-order valence-electron chi connectivity index (χ0n) is 20.0.